The minimum atomic E-state index is -7.65. The third-order valence-corrected chi connectivity index (χ3v) is 3.62. The lowest BCUT2D eigenvalue weighted by atomic mass is 9.69. The Labute approximate surface area is 136 Å². The lowest BCUT2D eigenvalue weighted by Crippen LogP contribution is -2.72. The molecule has 0 heterocycles. The number of rotatable bonds is 3. The van der Waals surface area contributed by atoms with Gasteiger partial charge < -0.3 is 0 Å². The minimum absolute atomic E-state index is 0.226. The molecule has 0 unspecified atom stereocenters. The van der Waals surface area contributed by atoms with Crippen LogP contribution in [0.3, 0.4) is 0 Å². The Morgan fingerprint density at radius 2 is 0.923 bits per heavy atom. The minimum Gasteiger partial charge on any atom is -0.198 e. The van der Waals surface area contributed by atoms with Crippen LogP contribution in [0.5, 0.6) is 0 Å². The average Bonchev–Trinajstić information content (AvgIpc) is 2.36. The van der Waals surface area contributed by atoms with Gasteiger partial charge in [-0.2, -0.15) is 57.1 Å². The SMILES string of the molecule is Cc1ccccc1C(C(F)(F)F)(C(F)(F)F)C(F)(F)C(F)(F)C(F)(F)F. The highest BCUT2D eigenvalue weighted by atomic mass is 19.4. The molecule has 0 saturated heterocycles. The molecular formula is C13H7F13. The fraction of sp³-hybridized carbons (Fsp3) is 0.538. The number of aryl methyl sites for hydroxylation is 1. The molecule has 1 aromatic rings. The molecule has 0 saturated carbocycles. The summed E-state index contributed by atoms with van der Waals surface area (Å²) in [6, 6.07) is 1.37. The van der Waals surface area contributed by atoms with Crippen molar-refractivity contribution in [1.29, 1.82) is 0 Å². The predicted molar refractivity (Wildman–Crippen MR) is 60.9 cm³/mol. The van der Waals surface area contributed by atoms with Crippen molar-refractivity contribution in [3.8, 4) is 0 Å². The van der Waals surface area contributed by atoms with E-state index < -0.39 is 46.9 Å². The van der Waals surface area contributed by atoms with Gasteiger partial charge in [-0.1, -0.05) is 24.3 Å². The van der Waals surface area contributed by atoms with E-state index in [1.54, 1.807) is 0 Å². The largest absolute Gasteiger partial charge is 0.459 e. The van der Waals surface area contributed by atoms with Crippen molar-refractivity contribution >= 4 is 0 Å². The number of hydrogen-bond donors (Lipinski definition) is 0. The zero-order chi connectivity index (χ0) is 21.0. The molecule has 0 spiro atoms. The fourth-order valence-electron chi connectivity index (χ4n) is 2.40. The lowest BCUT2D eigenvalue weighted by molar-refractivity contribution is -0.432. The van der Waals surface area contributed by atoms with Gasteiger partial charge in [0.2, 0.25) is 0 Å². The van der Waals surface area contributed by atoms with E-state index in [2.05, 4.69) is 0 Å². The molecule has 0 bridgehead atoms. The first-order chi connectivity index (χ1) is 11.3. The van der Waals surface area contributed by atoms with Crippen molar-refractivity contribution < 1.29 is 57.1 Å². The van der Waals surface area contributed by atoms with E-state index in [0.29, 0.717) is 19.1 Å². The van der Waals surface area contributed by atoms with Gasteiger partial charge >= 0.3 is 30.4 Å². The standard InChI is InChI=1S/C13H7F13/c1-6-4-2-3-5-7(6)8(11(18,19)20,12(21,22)23)9(14,15)10(16,17)13(24,25)26/h2-5H,1H3. The Morgan fingerprint density at radius 1 is 0.538 bits per heavy atom. The second-order valence-corrected chi connectivity index (χ2v) is 5.21. The lowest BCUT2D eigenvalue weighted by Gasteiger charge is -2.46. The molecule has 0 amide bonds. The van der Waals surface area contributed by atoms with Gasteiger partial charge in [-0.15, -0.1) is 0 Å². The van der Waals surface area contributed by atoms with Crippen LogP contribution in [0.1, 0.15) is 11.1 Å². The van der Waals surface area contributed by atoms with Gasteiger partial charge in [0, 0.05) is 0 Å². The molecule has 0 nitrogen and oxygen atoms in total. The van der Waals surface area contributed by atoms with Crippen molar-refractivity contribution in [2.24, 2.45) is 0 Å². The summed E-state index contributed by atoms with van der Waals surface area (Å²) in [6.07, 6.45) is -21.9. The van der Waals surface area contributed by atoms with Gasteiger partial charge in [-0.3, -0.25) is 0 Å². The molecule has 0 aliphatic rings. The Morgan fingerprint density at radius 3 is 1.23 bits per heavy atom. The third kappa shape index (κ3) is 2.79. The van der Waals surface area contributed by atoms with Crippen LogP contribution < -0.4 is 0 Å². The van der Waals surface area contributed by atoms with E-state index in [1.807, 2.05) is 0 Å². The summed E-state index contributed by atoms with van der Waals surface area (Å²) in [5, 5.41) is 0. The highest BCUT2D eigenvalue weighted by Crippen LogP contribution is 2.66. The molecule has 150 valence electrons. The summed E-state index contributed by atoms with van der Waals surface area (Å²) in [5.41, 5.74) is -10.5. The van der Waals surface area contributed by atoms with Crippen LogP contribution in [0.15, 0.2) is 24.3 Å². The molecule has 0 aliphatic carbocycles. The first-order valence-electron chi connectivity index (χ1n) is 6.28. The van der Waals surface area contributed by atoms with Crippen molar-refractivity contribution in [3.05, 3.63) is 35.4 Å². The second-order valence-electron chi connectivity index (χ2n) is 5.21. The summed E-state index contributed by atoms with van der Waals surface area (Å²) in [7, 11) is 0. The van der Waals surface area contributed by atoms with Gasteiger partial charge in [0.25, 0.3) is 5.41 Å². The Balaban J connectivity index is 4.16. The van der Waals surface area contributed by atoms with Crippen LogP contribution in [0.4, 0.5) is 57.1 Å². The second kappa shape index (κ2) is 5.91. The normalized spacial score (nSPS) is 15.3. The first kappa shape index (κ1) is 22.4. The highest BCUT2D eigenvalue weighted by Gasteiger charge is 2.92. The summed E-state index contributed by atoms with van der Waals surface area (Å²) >= 11 is 0. The topological polar surface area (TPSA) is 0 Å². The van der Waals surface area contributed by atoms with E-state index in [1.165, 1.54) is 0 Å². The van der Waals surface area contributed by atoms with E-state index in [4.69, 9.17) is 0 Å². The van der Waals surface area contributed by atoms with E-state index in [0.717, 1.165) is 6.07 Å². The monoisotopic (exact) mass is 410 g/mol. The number of benzene rings is 1. The van der Waals surface area contributed by atoms with Crippen molar-refractivity contribution in [1.82, 2.24) is 0 Å². The van der Waals surface area contributed by atoms with Crippen LogP contribution in [-0.4, -0.2) is 30.4 Å². The van der Waals surface area contributed by atoms with Crippen molar-refractivity contribution in [2.45, 2.75) is 42.7 Å². The Hall–Kier alpha value is -1.69. The molecular weight excluding hydrogens is 403 g/mol. The number of alkyl halides is 13. The summed E-state index contributed by atoms with van der Waals surface area (Å²) in [6.45, 7) is 0.434. The molecule has 26 heavy (non-hydrogen) atoms. The number of hydrogen-bond acceptors (Lipinski definition) is 0. The average molecular weight is 410 g/mol. The molecule has 1 rings (SSSR count). The van der Waals surface area contributed by atoms with Gasteiger partial charge in [0.1, 0.15) is 0 Å². The molecule has 0 radical (unpaired) electrons. The molecule has 0 aliphatic heterocycles. The van der Waals surface area contributed by atoms with E-state index in [-0.39, 0.29) is 6.07 Å². The Bertz CT molecular complexity index is 633. The van der Waals surface area contributed by atoms with Crippen LogP contribution in [-0.2, 0) is 5.41 Å². The highest BCUT2D eigenvalue weighted by molar-refractivity contribution is 5.41. The van der Waals surface area contributed by atoms with Crippen LogP contribution >= 0.6 is 0 Å². The van der Waals surface area contributed by atoms with Crippen LogP contribution in [0, 0.1) is 6.92 Å². The summed E-state index contributed by atoms with van der Waals surface area (Å²) in [4.78, 5) is 0. The molecule has 0 N–H and O–H groups in total. The summed E-state index contributed by atoms with van der Waals surface area (Å²) in [5.74, 6) is -15.3. The smallest absolute Gasteiger partial charge is 0.198 e. The van der Waals surface area contributed by atoms with Crippen molar-refractivity contribution in [3.63, 3.8) is 0 Å². The van der Waals surface area contributed by atoms with E-state index in [9.17, 15) is 57.1 Å². The van der Waals surface area contributed by atoms with E-state index >= 15 is 0 Å². The third-order valence-electron chi connectivity index (χ3n) is 3.62. The molecule has 0 fully saturated rings. The molecule has 0 aromatic heterocycles. The maximum Gasteiger partial charge on any atom is 0.459 e. The van der Waals surface area contributed by atoms with Gasteiger partial charge in [-0.25, -0.2) is 0 Å². The first-order valence-corrected chi connectivity index (χ1v) is 6.28. The number of halogens is 13. The summed E-state index contributed by atoms with van der Waals surface area (Å²) < 4.78 is 171. The predicted octanol–water partition coefficient (Wildman–Crippen LogP) is 6.19. The zero-order valence-electron chi connectivity index (χ0n) is 12.2. The molecule has 1 aromatic carbocycles. The fourth-order valence-corrected chi connectivity index (χ4v) is 2.40. The maximum atomic E-state index is 14.0. The van der Waals surface area contributed by atoms with Gasteiger partial charge in [-0.05, 0) is 18.1 Å². The van der Waals surface area contributed by atoms with Gasteiger partial charge in [0.15, 0.2) is 0 Å². The Kier molecular flexibility index (Phi) is 5.08. The quantitative estimate of drug-likeness (QED) is 0.522. The maximum absolute atomic E-state index is 14.0. The van der Waals surface area contributed by atoms with Crippen LogP contribution in [0.2, 0.25) is 0 Å². The van der Waals surface area contributed by atoms with Crippen LogP contribution in [0.25, 0.3) is 0 Å². The molecule has 13 heteroatoms. The zero-order valence-corrected chi connectivity index (χ0v) is 12.2. The van der Waals surface area contributed by atoms with Gasteiger partial charge in [0.05, 0.1) is 0 Å². The molecule has 0 atom stereocenters. The van der Waals surface area contributed by atoms with Crippen molar-refractivity contribution in [2.75, 3.05) is 0 Å².